The Morgan fingerprint density at radius 2 is 2.21 bits per heavy atom. The van der Waals surface area contributed by atoms with Crippen molar-refractivity contribution >= 4 is 11.4 Å². The number of fused-ring (bicyclic) bond motifs is 3. The second kappa shape index (κ2) is 2.89. The molecule has 0 aromatic heterocycles. The van der Waals surface area contributed by atoms with Crippen molar-refractivity contribution in [1.82, 2.24) is 0 Å². The van der Waals surface area contributed by atoms with Gasteiger partial charge in [0.25, 0.3) is 0 Å². The van der Waals surface area contributed by atoms with Gasteiger partial charge in [0.2, 0.25) is 0 Å². The summed E-state index contributed by atoms with van der Waals surface area (Å²) < 4.78 is 0. The molecule has 1 saturated heterocycles. The zero-order valence-corrected chi connectivity index (χ0v) is 8.11. The molecule has 2 aliphatic rings. The van der Waals surface area contributed by atoms with Crippen LogP contribution in [0.5, 0.6) is 0 Å². The van der Waals surface area contributed by atoms with E-state index in [2.05, 4.69) is 34.5 Å². The first kappa shape index (κ1) is 8.12. The fourth-order valence-electron chi connectivity index (χ4n) is 2.54. The molecule has 0 aliphatic carbocycles. The number of para-hydroxylation sites is 2. The Morgan fingerprint density at radius 1 is 1.36 bits per heavy atom. The van der Waals surface area contributed by atoms with Crippen LogP contribution in [0.15, 0.2) is 24.3 Å². The van der Waals surface area contributed by atoms with E-state index < -0.39 is 0 Å². The second-order valence-electron chi connectivity index (χ2n) is 4.20. The quantitative estimate of drug-likeness (QED) is 0.640. The van der Waals surface area contributed by atoms with Crippen LogP contribution in [0.4, 0.5) is 11.4 Å². The highest BCUT2D eigenvalue weighted by molar-refractivity contribution is 5.73. The molecule has 0 amide bonds. The molecule has 3 heteroatoms. The number of nitrogens with one attached hydrogen (secondary N) is 1. The molecule has 2 atom stereocenters. The first-order valence-electron chi connectivity index (χ1n) is 5.20. The van der Waals surface area contributed by atoms with Crippen LogP contribution in [0.1, 0.15) is 6.42 Å². The van der Waals surface area contributed by atoms with E-state index in [-0.39, 0.29) is 0 Å². The lowest BCUT2D eigenvalue weighted by Crippen LogP contribution is -2.39. The fraction of sp³-hybridized carbons (Fsp3) is 0.455. The summed E-state index contributed by atoms with van der Waals surface area (Å²) in [4.78, 5) is 2.44. The van der Waals surface area contributed by atoms with Crippen molar-refractivity contribution in [2.45, 2.75) is 18.5 Å². The molecule has 1 aromatic rings. The third kappa shape index (κ3) is 1.09. The maximum atomic E-state index is 5.98. The zero-order chi connectivity index (χ0) is 9.54. The summed E-state index contributed by atoms with van der Waals surface area (Å²) in [6.07, 6.45) is 1.11. The van der Waals surface area contributed by atoms with Crippen LogP contribution >= 0.6 is 0 Å². The predicted octanol–water partition coefficient (Wildman–Crippen LogP) is 1.02. The lowest BCUT2D eigenvalue weighted by Gasteiger charge is -2.34. The molecule has 1 aromatic carbocycles. The minimum Gasteiger partial charge on any atom is -0.381 e. The smallest absolute Gasteiger partial charge is 0.0605 e. The number of hydrogen-bond donors (Lipinski definition) is 2. The monoisotopic (exact) mass is 189 g/mol. The Kier molecular flexibility index (Phi) is 1.67. The first-order chi connectivity index (χ1) is 6.84. The summed E-state index contributed by atoms with van der Waals surface area (Å²) in [6, 6.07) is 9.41. The topological polar surface area (TPSA) is 41.3 Å². The highest BCUT2D eigenvalue weighted by Crippen LogP contribution is 2.35. The number of benzene rings is 1. The molecule has 0 bridgehead atoms. The van der Waals surface area contributed by atoms with Gasteiger partial charge in [-0.1, -0.05) is 12.1 Å². The van der Waals surface area contributed by atoms with Crippen LogP contribution < -0.4 is 16.0 Å². The molecule has 14 heavy (non-hydrogen) atoms. The lowest BCUT2D eigenvalue weighted by atomic mass is 10.1. The second-order valence-corrected chi connectivity index (χ2v) is 4.20. The van der Waals surface area contributed by atoms with Crippen LogP contribution in [0.2, 0.25) is 0 Å². The number of nitrogens with two attached hydrogens (primary N) is 1. The van der Waals surface area contributed by atoms with E-state index in [4.69, 9.17) is 5.73 Å². The average Bonchev–Trinajstić information content (AvgIpc) is 2.59. The Bertz CT molecular complexity index is 350. The average molecular weight is 189 g/mol. The van der Waals surface area contributed by atoms with E-state index >= 15 is 0 Å². The third-order valence-corrected chi connectivity index (χ3v) is 3.19. The van der Waals surface area contributed by atoms with Gasteiger partial charge < -0.3 is 16.0 Å². The van der Waals surface area contributed by atoms with Gasteiger partial charge >= 0.3 is 0 Å². The van der Waals surface area contributed by atoms with Crippen LogP contribution in [-0.2, 0) is 0 Å². The van der Waals surface area contributed by atoms with Crippen LogP contribution in [0.25, 0.3) is 0 Å². The molecule has 2 heterocycles. The molecule has 3 N–H and O–H groups in total. The van der Waals surface area contributed by atoms with E-state index in [1.807, 2.05) is 0 Å². The minimum atomic E-state index is 0.341. The zero-order valence-electron chi connectivity index (χ0n) is 8.11. The standard InChI is InChI=1S/C11H15N3/c12-8-5-9-6-13-10-3-1-2-4-11(10)14(9)7-8/h1-4,8-9,13H,5-7,12H2/t8?,9-/m1/s1. The summed E-state index contributed by atoms with van der Waals surface area (Å²) in [5, 5.41) is 3.46. The maximum Gasteiger partial charge on any atom is 0.0605 e. The number of hydrogen-bond acceptors (Lipinski definition) is 3. The number of anilines is 2. The van der Waals surface area contributed by atoms with Crippen LogP contribution in [0, 0.1) is 0 Å². The van der Waals surface area contributed by atoms with Crippen LogP contribution in [-0.4, -0.2) is 25.2 Å². The largest absolute Gasteiger partial charge is 0.381 e. The fourth-order valence-corrected chi connectivity index (χ4v) is 2.54. The maximum absolute atomic E-state index is 5.98. The van der Waals surface area contributed by atoms with E-state index in [1.54, 1.807) is 0 Å². The van der Waals surface area contributed by atoms with Gasteiger partial charge in [0.1, 0.15) is 0 Å². The summed E-state index contributed by atoms with van der Waals surface area (Å²) in [6.45, 7) is 2.04. The molecule has 3 nitrogen and oxygen atoms in total. The van der Waals surface area contributed by atoms with Crippen LogP contribution in [0.3, 0.4) is 0 Å². The molecule has 1 fully saturated rings. The van der Waals surface area contributed by atoms with Gasteiger partial charge in [-0.15, -0.1) is 0 Å². The predicted molar refractivity (Wildman–Crippen MR) is 58.7 cm³/mol. The lowest BCUT2D eigenvalue weighted by molar-refractivity contribution is 0.658. The molecule has 0 radical (unpaired) electrons. The number of nitrogens with zero attached hydrogens (tertiary/aromatic N) is 1. The summed E-state index contributed by atoms with van der Waals surface area (Å²) >= 11 is 0. The van der Waals surface area contributed by atoms with Crippen molar-refractivity contribution in [3.8, 4) is 0 Å². The molecule has 2 aliphatic heterocycles. The van der Waals surface area contributed by atoms with Gasteiger partial charge in [-0.05, 0) is 18.6 Å². The van der Waals surface area contributed by atoms with Gasteiger partial charge in [-0.25, -0.2) is 0 Å². The Hall–Kier alpha value is -1.22. The highest BCUT2D eigenvalue weighted by atomic mass is 15.3. The SMILES string of the molecule is NC1C[C@@H]2CNc3ccccc3N2C1. The Morgan fingerprint density at radius 3 is 3.14 bits per heavy atom. The Balaban J connectivity index is 2.01. The van der Waals surface area contributed by atoms with Gasteiger partial charge in [0, 0.05) is 25.2 Å². The molecular weight excluding hydrogens is 174 g/mol. The van der Waals surface area contributed by atoms with Crippen molar-refractivity contribution in [3.63, 3.8) is 0 Å². The van der Waals surface area contributed by atoms with Gasteiger partial charge in [-0.3, -0.25) is 0 Å². The van der Waals surface area contributed by atoms with Crippen molar-refractivity contribution < 1.29 is 0 Å². The number of rotatable bonds is 0. The van der Waals surface area contributed by atoms with Crippen molar-refractivity contribution in [2.24, 2.45) is 5.73 Å². The molecule has 74 valence electrons. The van der Waals surface area contributed by atoms with E-state index in [0.29, 0.717) is 12.1 Å². The third-order valence-electron chi connectivity index (χ3n) is 3.19. The normalized spacial score (nSPS) is 29.4. The molecule has 0 saturated carbocycles. The minimum absolute atomic E-state index is 0.341. The molecule has 0 spiro atoms. The van der Waals surface area contributed by atoms with Crippen molar-refractivity contribution in [2.75, 3.05) is 23.3 Å². The van der Waals surface area contributed by atoms with E-state index in [1.165, 1.54) is 11.4 Å². The van der Waals surface area contributed by atoms with Crippen molar-refractivity contribution in [1.29, 1.82) is 0 Å². The molecular formula is C11H15N3. The van der Waals surface area contributed by atoms with Gasteiger partial charge in [0.05, 0.1) is 11.4 Å². The van der Waals surface area contributed by atoms with Gasteiger partial charge in [-0.2, -0.15) is 0 Å². The summed E-state index contributed by atoms with van der Waals surface area (Å²) in [5.41, 5.74) is 8.55. The van der Waals surface area contributed by atoms with Gasteiger partial charge in [0.15, 0.2) is 0 Å². The van der Waals surface area contributed by atoms with E-state index in [9.17, 15) is 0 Å². The summed E-state index contributed by atoms with van der Waals surface area (Å²) in [7, 11) is 0. The molecule has 1 unspecified atom stereocenters. The summed E-state index contributed by atoms with van der Waals surface area (Å²) in [5.74, 6) is 0. The van der Waals surface area contributed by atoms with E-state index in [0.717, 1.165) is 19.5 Å². The Labute approximate surface area is 83.9 Å². The molecule has 3 rings (SSSR count). The highest BCUT2D eigenvalue weighted by Gasteiger charge is 2.33. The van der Waals surface area contributed by atoms with Crippen molar-refractivity contribution in [3.05, 3.63) is 24.3 Å². The first-order valence-corrected chi connectivity index (χ1v) is 5.20.